The summed E-state index contributed by atoms with van der Waals surface area (Å²) in [5.74, 6) is -0.0675. The van der Waals surface area contributed by atoms with E-state index in [1.54, 1.807) is 18.2 Å². The maximum Gasteiger partial charge on any atom is 0.230 e. The van der Waals surface area contributed by atoms with Crippen LogP contribution in [0.2, 0.25) is 5.02 Å². The van der Waals surface area contributed by atoms with Crippen LogP contribution in [0.15, 0.2) is 18.2 Å². The lowest BCUT2D eigenvalue weighted by Gasteiger charge is -2.18. The molecule has 5 heteroatoms. The van der Waals surface area contributed by atoms with E-state index >= 15 is 0 Å². The molecule has 0 saturated carbocycles. The normalized spacial score (nSPS) is 30.3. The summed E-state index contributed by atoms with van der Waals surface area (Å²) < 4.78 is 5.68. The third-order valence-electron chi connectivity index (χ3n) is 3.82. The van der Waals surface area contributed by atoms with Crippen LogP contribution in [0, 0.1) is 11.8 Å². The Morgan fingerprint density at radius 3 is 2.58 bits per heavy atom. The second kappa shape index (κ2) is 5.39. The van der Waals surface area contributed by atoms with E-state index in [-0.39, 0.29) is 30.0 Å². The molecule has 0 aliphatic carbocycles. The number of amides is 1. The van der Waals surface area contributed by atoms with Gasteiger partial charge in [-0.1, -0.05) is 18.5 Å². The van der Waals surface area contributed by atoms with Crippen LogP contribution in [-0.2, 0) is 9.53 Å². The zero-order chi connectivity index (χ0) is 14.2. The van der Waals surface area contributed by atoms with Crippen molar-refractivity contribution in [2.75, 3.05) is 11.1 Å². The van der Waals surface area contributed by atoms with E-state index in [0.29, 0.717) is 16.4 Å². The van der Waals surface area contributed by atoms with Crippen molar-refractivity contribution in [2.45, 2.75) is 33.0 Å². The predicted molar refractivity (Wildman–Crippen MR) is 77.2 cm³/mol. The van der Waals surface area contributed by atoms with Gasteiger partial charge < -0.3 is 15.8 Å². The topological polar surface area (TPSA) is 64.3 Å². The van der Waals surface area contributed by atoms with Crippen LogP contribution in [0.1, 0.15) is 20.8 Å². The van der Waals surface area contributed by atoms with Crippen LogP contribution in [0.3, 0.4) is 0 Å². The molecular weight excluding hydrogens is 264 g/mol. The third kappa shape index (κ3) is 2.85. The Bertz CT molecular complexity index is 492. The molecule has 4 nitrogen and oxygen atoms in total. The Balaban J connectivity index is 2.15. The van der Waals surface area contributed by atoms with Gasteiger partial charge in [-0.3, -0.25) is 4.79 Å². The number of nitrogens with two attached hydrogens (primary N) is 1. The van der Waals surface area contributed by atoms with Gasteiger partial charge in [-0.05, 0) is 38.0 Å². The molecule has 0 radical (unpaired) electrons. The minimum absolute atomic E-state index is 0.0710. The molecule has 1 fully saturated rings. The highest BCUT2D eigenvalue weighted by Gasteiger charge is 2.41. The highest BCUT2D eigenvalue weighted by Crippen LogP contribution is 2.33. The highest BCUT2D eigenvalue weighted by atomic mass is 35.5. The second-order valence-corrected chi connectivity index (χ2v) is 5.59. The zero-order valence-electron chi connectivity index (χ0n) is 11.3. The summed E-state index contributed by atoms with van der Waals surface area (Å²) in [5, 5.41) is 3.39. The molecule has 0 spiro atoms. The molecule has 2 rings (SSSR count). The molecule has 1 aromatic carbocycles. The number of halogens is 1. The second-order valence-electron chi connectivity index (χ2n) is 5.15. The maximum atomic E-state index is 12.4. The number of nitrogens with one attached hydrogen (secondary N) is 1. The summed E-state index contributed by atoms with van der Waals surface area (Å²) in [6.45, 7) is 5.94. The van der Waals surface area contributed by atoms with Crippen molar-refractivity contribution in [1.29, 1.82) is 0 Å². The molecule has 4 unspecified atom stereocenters. The Labute approximate surface area is 118 Å². The summed E-state index contributed by atoms with van der Waals surface area (Å²) in [6.07, 6.45) is -0.00660. The van der Waals surface area contributed by atoms with Crippen LogP contribution in [0.5, 0.6) is 0 Å². The molecule has 1 saturated heterocycles. The maximum absolute atomic E-state index is 12.4. The molecule has 104 valence electrons. The van der Waals surface area contributed by atoms with Crippen molar-refractivity contribution >= 4 is 28.9 Å². The van der Waals surface area contributed by atoms with Crippen LogP contribution in [-0.4, -0.2) is 18.1 Å². The largest absolute Gasteiger partial charge is 0.397 e. The fraction of sp³-hybridized carbons (Fsp3) is 0.500. The van der Waals surface area contributed by atoms with E-state index in [9.17, 15) is 4.79 Å². The van der Waals surface area contributed by atoms with Gasteiger partial charge in [0.05, 0.1) is 29.5 Å². The quantitative estimate of drug-likeness (QED) is 0.820. The Hall–Kier alpha value is -1.26. The summed E-state index contributed by atoms with van der Waals surface area (Å²) in [4.78, 5) is 12.4. The molecule has 3 N–H and O–H groups in total. The van der Waals surface area contributed by atoms with E-state index in [2.05, 4.69) is 5.32 Å². The number of nitrogen functional groups attached to an aromatic ring is 1. The van der Waals surface area contributed by atoms with Gasteiger partial charge in [0.1, 0.15) is 0 Å². The lowest BCUT2D eigenvalue weighted by molar-refractivity contribution is -0.121. The molecule has 1 heterocycles. The molecule has 1 amide bonds. The van der Waals surface area contributed by atoms with Crippen LogP contribution in [0.25, 0.3) is 0 Å². The first-order valence-corrected chi connectivity index (χ1v) is 6.79. The fourth-order valence-electron chi connectivity index (χ4n) is 2.57. The fourth-order valence-corrected chi connectivity index (χ4v) is 2.74. The van der Waals surface area contributed by atoms with Crippen molar-refractivity contribution in [1.82, 2.24) is 0 Å². The summed E-state index contributed by atoms with van der Waals surface area (Å²) >= 11 is 5.91. The molecule has 1 aliphatic heterocycles. The van der Waals surface area contributed by atoms with Crippen molar-refractivity contribution in [3.05, 3.63) is 23.2 Å². The Morgan fingerprint density at radius 1 is 1.32 bits per heavy atom. The number of benzene rings is 1. The SMILES string of the molecule is CC1OC(C)C(C(=O)Nc2cc(Cl)ccc2N)C1C. The standard InChI is InChI=1S/C14H19ClN2O2/c1-7-8(2)19-9(3)13(7)14(18)17-12-6-10(15)4-5-11(12)16/h4-9,13H,16H2,1-3H3,(H,17,18). The number of anilines is 2. The molecule has 0 aromatic heterocycles. The molecule has 1 aromatic rings. The summed E-state index contributed by atoms with van der Waals surface area (Å²) in [5.41, 5.74) is 6.89. The highest BCUT2D eigenvalue weighted by molar-refractivity contribution is 6.31. The third-order valence-corrected chi connectivity index (χ3v) is 4.05. The lowest BCUT2D eigenvalue weighted by Crippen LogP contribution is -2.32. The first-order chi connectivity index (χ1) is 8.90. The predicted octanol–water partition coefficient (Wildman–Crippen LogP) is 2.92. The van der Waals surface area contributed by atoms with Gasteiger partial charge in [0.25, 0.3) is 0 Å². The van der Waals surface area contributed by atoms with Crippen molar-refractivity contribution in [2.24, 2.45) is 11.8 Å². The minimum Gasteiger partial charge on any atom is -0.397 e. The minimum atomic E-state index is -0.173. The van der Waals surface area contributed by atoms with Gasteiger partial charge in [0.15, 0.2) is 0 Å². The van der Waals surface area contributed by atoms with Crippen molar-refractivity contribution in [3.63, 3.8) is 0 Å². The average molecular weight is 283 g/mol. The number of ether oxygens (including phenoxy) is 1. The Kier molecular flexibility index (Phi) is 4.02. The molecule has 1 aliphatic rings. The van der Waals surface area contributed by atoms with Crippen LogP contribution < -0.4 is 11.1 Å². The van der Waals surface area contributed by atoms with E-state index in [0.717, 1.165) is 0 Å². The van der Waals surface area contributed by atoms with Gasteiger partial charge in [-0.2, -0.15) is 0 Å². The van der Waals surface area contributed by atoms with E-state index in [4.69, 9.17) is 22.1 Å². The van der Waals surface area contributed by atoms with Gasteiger partial charge in [0.2, 0.25) is 5.91 Å². The lowest BCUT2D eigenvalue weighted by atomic mass is 9.89. The average Bonchev–Trinajstić information content (AvgIpc) is 2.58. The van der Waals surface area contributed by atoms with Gasteiger partial charge in [0, 0.05) is 5.02 Å². The van der Waals surface area contributed by atoms with Crippen LogP contribution in [0.4, 0.5) is 11.4 Å². The molecule has 0 bridgehead atoms. The smallest absolute Gasteiger partial charge is 0.230 e. The number of hydrogen-bond donors (Lipinski definition) is 2. The van der Waals surface area contributed by atoms with Gasteiger partial charge in [-0.15, -0.1) is 0 Å². The molecular formula is C14H19ClN2O2. The summed E-state index contributed by atoms with van der Waals surface area (Å²) in [7, 11) is 0. The molecule has 4 atom stereocenters. The zero-order valence-corrected chi connectivity index (χ0v) is 12.1. The number of hydrogen-bond acceptors (Lipinski definition) is 3. The number of carbonyl (C=O) groups excluding carboxylic acids is 1. The summed E-state index contributed by atoms with van der Waals surface area (Å²) in [6, 6.07) is 5.03. The van der Waals surface area contributed by atoms with E-state index < -0.39 is 0 Å². The Morgan fingerprint density at radius 2 is 2.00 bits per heavy atom. The first-order valence-electron chi connectivity index (χ1n) is 6.41. The van der Waals surface area contributed by atoms with E-state index in [1.165, 1.54) is 0 Å². The molecule has 19 heavy (non-hydrogen) atoms. The monoisotopic (exact) mass is 282 g/mol. The van der Waals surface area contributed by atoms with Gasteiger partial charge in [-0.25, -0.2) is 0 Å². The van der Waals surface area contributed by atoms with Crippen molar-refractivity contribution < 1.29 is 9.53 Å². The van der Waals surface area contributed by atoms with E-state index in [1.807, 2.05) is 20.8 Å². The van der Waals surface area contributed by atoms with Crippen LogP contribution >= 0.6 is 11.6 Å². The number of carbonyl (C=O) groups is 1. The van der Waals surface area contributed by atoms with Crippen molar-refractivity contribution in [3.8, 4) is 0 Å². The number of rotatable bonds is 2. The first kappa shape index (κ1) is 14.2. The van der Waals surface area contributed by atoms with Gasteiger partial charge >= 0.3 is 0 Å².